The van der Waals surface area contributed by atoms with Gasteiger partial charge in [0.25, 0.3) is 5.91 Å². The summed E-state index contributed by atoms with van der Waals surface area (Å²) in [6, 6.07) is 16.3. The van der Waals surface area contributed by atoms with Crippen molar-refractivity contribution in [1.82, 2.24) is 10.3 Å². The third-order valence-corrected chi connectivity index (χ3v) is 4.60. The molecule has 1 aromatic heterocycles. The summed E-state index contributed by atoms with van der Waals surface area (Å²) in [5.41, 5.74) is 1.84. The summed E-state index contributed by atoms with van der Waals surface area (Å²) in [7, 11) is 1.60. The van der Waals surface area contributed by atoms with E-state index in [2.05, 4.69) is 10.3 Å². The van der Waals surface area contributed by atoms with Crippen molar-refractivity contribution >= 4 is 17.5 Å². The monoisotopic (exact) mass is 426 g/mol. The maximum Gasteiger partial charge on any atom is 0.261 e. The smallest absolute Gasteiger partial charge is 0.261 e. The minimum Gasteiger partial charge on any atom is -0.497 e. The molecule has 0 saturated carbocycles. The highest BCUT2D eigenvalue weighted by Crippen LogP contribution is 2.26. The third-order valence-electron chi connectivity index (χ3n) is 4.29. The van der Waals surface area contributed by atoms with Gasteiger partial charge in [0.1, 0.15) is 17.2 Å². The summed E-state index contributed by atoms with van der Waals surface area (Å²) in [6.07, 6.45) is 0.964. The van der Waals surface area contributed by atoms with Crippen molar-refractivity contribution in [3.05, 3.63) is 76.9 Å². The van der Waals surface area contributed by atoms with Gasteiger partial charge in [0.2, 0.25) is 5.88 Å². The number of carbonyl (C=O) groups is 1. The average molecular weight is 427 g/mol. The van der Waals surface area contributed by atoms with E-state index in [1.165, 1.54) is 0 Å². The van der Waals surface area contributed by atoms with Crippen LogP contribution in [0.1, 0.15) is 18.1 Å². The Balaban J connectivity index is 1.52. The molecule has 156 valence electrons. The predicted octanol–water partition coefficient (Wildman–Crippen LogP) is 4.93. The highest BCUT2D eigenvalue weighted by atomic mass is 35.5. The van der Waals surface area contributed by atoms with Crippen molar-refractivity contribution in [3.8, 4) is 23.1 Å². The second kappa shape index (κ2) is 9.98. The van der Waals surface area contributed by atoms with Crippen molar-refractivity contribution in [2.45, 2.75) is 26.5 Å². The number of pyridine rings is 1. The summed E-state index contributed by atoms with van der Waals surface area (Å²) in [5.74, 6) is 2.02. The van der Waals surface area contributed by atoms with Gasteiger partial charge in [-0.1, -0.05) is 29.8 Å². The van der Waals surface area contributed by atoms with Crippen molar-refractivity contribution in [2.24, 2.45) is 0 Å². The Morgan fingerprint density at radius 2 is 1.93 bits per heavy atom. The highest BCUT2D eigenvalue weighted by Gasteiger charge is 2.16. The van der Waals surface area contributed by atoms with E-state index in [0.717, 1.165) is 11.1 Å². The minimum absolute atomic E-state index is 0.246. The number of hydrogen-bond acceptors (Lipinski definition) is 5. The molecule has 7 heteroatoms. The Morgan fingerprint density at radius 1 is 1.13 bits per heavy atom. The number of amides is 1. The Labute approximate surface area is 180 Å². The summed E-state index contributed by atoms with van der Waals surface area (Å²) >= 11 is 6.12. The summed E-state index contributed by atoms with van der Waals surface area (Å²) in [5, 5.41) is 3.30. The SMILES string of the molecule is COc1cccc(Oc2ccc(CNC(=O)C(C)Oc3cc(C)ccc3Cl)cn2)c1. The van der Waals surface area contributed by atoms with E-state index >= 15 is 0 Å². The molecule has 0 fully saturated rings. The van der Waals surface area contributed by atoms with E-state index in [4.69, 9.17) is 25.8 Å². The van der Waals surface area contributed by atoms with Crippen LogP contribution in [0.3, 0.4) is 0 Å². The van der Waals surface area contributed by atoms with Gasteiger partial charge in [0.05, 0.1) is 12.1 Å². The molecule has 0 aliphatic rings. The first-order valence-electron chi connectivity index (χ1n) is 9.42. The van der Waals surface area contributed by atoms with Gasteiger partial charge >= 0.3 is 0 Å². The fourth-order valence-corrected chi connectivity index (χ4v) is 2.80. The molecule has 0 saturated heterocycles. The van der Waals surface area contributed by atoms with Crippen LogP contribution in [0.25, 0.3) is 0 Å². The zero-order valence-corrected chi connectivity index (χ0v) is 17.8. The standard InChI is InChI=1S/C23H23ClN2O4/c1-15-7-9-20(24)21(11-15)29-16(2)23(27)26-14-17-8-10-22(25-13-17)30-19-6-4-5-18(12-19)28-3/h4-13,16H,14H2,1-3H3,(H,26,27). The summed E-state index contributed by atoms with van der Waals surface area (Å²) in [4.78, 5) is 16.6. The highest BCUT2D eigenvalue weighted by molar-refractivity contribution is 6.32. The maximum absolute atomic E-state index is 12.3. The maximum atomic E-state index is 12.3. The van der Waals surface area contributed by atoms with Gasteiger partial charge in [-0.15, -0.1) is 0 Å². The van der Waals surface area contributed by atoms with Gasteiger partial charge in [-0.2, -0.15) is 0 Å². The molecule has 0 aliphatic carbocycles. The van der Waals surface area contributed by atoms with Gasteiger partial charge in [-0.25, -0.2) is 4.98 Å². The van der Waals surface area contributed by atoms with Crippen molar-refractivity contribution < 1.29 is 19.0 Å². The van der Waals surface area contributed by atoms with Crippen LogP contribution in [0.15, 0.2) is 60.8 Å². The molecule has 3 rings (SSSR count). The number of aryl methyl sites for hydroxylation is 1. The van der Waals surface area contributed by atoms with E-state index in [-0.39, 0.29) is 5.91 Å². The van der Waals surface area contributed by atoms with Crippen LogP contribution in [0.5, 0.6) is 23.1 Å². The third kappa shape index (κ3) is 5.87. The number of hydrogen-bond donors (Lipinski definition) is 1. The Bertz CT molecular complexity index is 1010. The normalized spacial score (nSPS) is 11.5. The Morgan fingerprint density at radius 3 is 2.67 bits per heavy atom. The van der Waals surface area contributed by atoms with Gasteiger partial charge in [-0.3, -0.25) is 4.79 Å². The van der Waals surface area contributed by atoms with E-state index in [0.29, 0.717) is 34.7 Å². The van der Waals surface area contributed by atoms with Gasteiger partial charge < -0.3 is 19.5 Å². The fourth-order valence-electron chi connectivity index (χ4n) is 2.64. The molecule has 0 bridgehead atoms. The van der Waals surface area contributed by atoms with Crippen LogP contribution in [0.4, 0.5) is 0 Å². The van der Waals surface area contributed by atoms with Gasteiger partial charge in [-0.05, 0) is 49.2 Å². The number of ether oxygens (including phenoxy) is 3. The van der Waals surface area contributed by atoms with E-state index in [1.54, 1.807) is 44.5 Å². The van der Waals surface area contributed by atoms with Gasteiger partial charge in [0, 0.05) is 24.9 Å². The number of rotatable bonds is 8. The number of carbonyl (C=O) groups excluding carboxylic acids is 1. The van der Waals surface area contributed by atoms with Crippen molar-refractivity contribution in [3.63, 3.8) is 0 Å². The zero-order valence-electron chi connectivity index (χ0n) is 17.0. The van der Waals surface area contributed by atoms with Crippen LogP contribution in [-0.4, -0.2) is 24.1 Å². The summed E-state index contributed by atoms with van der Waals surface area (Å²) < 4.78 is 16.6. The minimum atomic E-state index is -0.687. The topological polar surface area (TPSA) is 69.7 Å². The van der Waals surface area contributed by atoms with Crippen LogP contribution in [0, 0.1) is 6.92 Å². The average Bonchev–Trinajstić information content (AvgIpc) is 2.75. The molecule has 30 heavy (non-hydrogen) atoms. The largest absolute Gasteiger partial charge is 0.497 e. The number of methoxy groups -OCH3 is 1. The number of nitrogens with one attached hydrogen (secondary N) is 1. The van der Waals surface area contributed by atoms with Crippen LogP contribution in [-0.2, 0) is 11.3 Å². The first-order valence-corrected chi connectivity index (χ1v) is 9.80. The number of nitrogens with zero attached hydrogens (tertiary/aromatic N) is 1. The molecular formula is C23H23ClN2O4. The molecule has 1 atom stereocenters. The molecule has 2 aromatic carbocycles. The number of aromatic nitrogens is 1. The van der Waals surface area contributed by atoms with Crippen molar-refractivity contribution in [1.29, 1.82) is 0 Å². The lowest BCUT2D eigenvalue weighted by molar-refractivity contribution is -0.127. The molecule has 0 radical (unpaired) electrons. The first-order chi connectivity index (χ1) is 14.4. The lowest BCUT2D eigenvalue weighted by atomic mass is 10.2. The molecule has 1 heterocycles. The quantitative estimate of drug-likeness (QED) is 0.553. The fraction of sp³-hybridized carbons (Fsp3) is 0.217. The molecule has 0 spiro atoms. The van der Waals surface area contributed by atoms with Crippen LogP contribution < -0.4 is 19.5 Å². The molecule has 1 amide bonds. The lowest BCUT2D eigenvalue weighted by Gasteiger charge is -2.16. The summed E-state index contributed by atoms with van der Waals surface area (Å²) in [6.45, 7) is 3.93. The Hall–Kier alpha value is -3.25. The molecule has 1 N–H and O–H groups in total. The molecule has 3 aromatic rings. The predicted molar refractivity (Wildman–Crippen MR) is 115 cm³/mol. The second-order valence-electron chi connectivity index (χ2n) is 6.70. The van der Waals surface area contributed by atoms with E-state index < -0.39 is 6.10 Å². The van der Waals surface area contributed by atoms with Crippen LogP contribution in [0.2, 0.25) is 5.02 Å². The molecular weight excluding hydrogens is 404 g/mol. The Kier molecular flexibility index (Phi) is 7.14. The van der Waals surface area contributed by atoms with E-state index in [9.17, 15) is 4.79 Å². The molecule has 0 aliphatic heterocycles. The second-order valence-corrected chi connectivity index (χ2v) is 7.10. The van der Waals surface area contributed by atoms with E-state index in [1.807, 2.05) is 37.3 Å². The van der Waals surface area contributed by atoms with Crippen molar-refractivity contribution in [2.75, 3.05) is 7.11 Å². The number of halogens is 1. The molecule has 6 nitrogen and oxygen atoms in total. The molecule has 1 unspecified atom stereocenters. The zero-order chi connectivity index (χ0) is 21.5. The number of benzene rings is 2. The van der Waals surface area contributed by atoms with Gasteiger partial charge in [0.15, 0.2) is 6.10 Å². The van der Waals surface area contributed by atoms with Crippen LogP contribution >= 0.6 is 11.6 Å². The first kappa shape index (κ1) is 21.5. The lowest BCUT2D eigenvalue weighted by Crippen LogP contribution is -2.36.